The second kappa shape index (κ2) is 7.86. The second-order valence-corrected chi connectivity index (χ2v) is 5.99. The number of nitrogens with one attached hydrogen (secondary N) is 1. The van der Waals surface area contributed by atoms with Gasteiger partial charge in [0.25, 0.3) is 5.91 Å². The lowest BCUT2D eigenvalue weighted by Crippen LogP contribution is -2.21. The minimum atomic E-state index is -0.678. The molecule has 138 valence electrons. The molecule has 0 spiro atoms. The molecule has 0 atom stereocenters. The van der Waals surface area contributed by atoms with E-state index in [0.717, 1.165) is 10.8 Å². The van der Waals surface area contributed by atoms with Crippen LogP contribution in [0.5, 0.6) is 5.75 Å². The van der Waals surface area contributed by atoms with E-state index < -0.39 is 24.3 Å². The Kier molecular flexibility index (Phi) is 5.35. The summed E-state index contributed by atoms with van der Waals surface area (Å²) >= 11 is 0. The Morgan fingerprint density at radius 1 is 1.04 bits per heavy atom. The van der Waals surface area contributed by atoms with Gasteiger partial charge in [-0.05, 0) is 47.5 Å². The highest BCUT2D eigenvalue weighted by molar-refractivity contribution is 6.00. The van der Waals surface area contributed by atoms with Crippen molar-refractivity contribution in [2.45, 2.75) is 6.92 Å². The summed E-state index contributed by atoms with van der Waals surface area (Å²) < 4.78 is 23.9. The summed E-state index contributed by atoms with van der Waals surface area (Å²) in [5.74, 6) is -1.31. The predicted octanol–water partition coefficient (Wildman–Crippen LogP) is 4.09. The second-order valence-electron chi connectivity index (χ2n) is 5.99. The largest absolute Gasteiger partial charge is 0.496 e. The Balaban J connectivity index is 1.69. The third kappa shape index (κ3) is 4.23. The van der Waals surface area contributed by atoms with Crippen molar-refractivity contribution in [2.24, 2.45) is 0 Å². The molecular formula is C21H18FNO4. The fraction of sp³-hybridized carbons (Fsp3) is 0.143. The molecule has 5 nitrogen and oxygen atoms in total. The predicted molar refractivity (Wildman–Crippen MR) is 101 cm³/mol. The first-order chi connectivity index (χ1) is 13.0. The summed E-state index contributed by atoms with van der Waals surface area (Å²) in [6, 6.07) is 15.2. The van der Waals surface area contributed by atoms with Crippen LogP contribution in [-0.4, -0.2) is 25.6 Å². The topological polar surface area (TPSA) is 64.6 Å². The van der Waals surface area contributed by atoms with Crippen molar-refractivity contribution in [1.29, 1.82) is 0 Å². The molecule has 27 heavy (non-hydrogen) atoms. The molecule has 0 aromatic heterocycles. The Morgan fingerprint density at radius 2 is 1.74 bits per heavy atom. The van der Waals surface area contributed by atoms with E-state index in [1.165, 1.54) is 13.2 Å². The number of fused-ring (bicyclic) bond motifs is 1. The van der Waals surface area contributed by atoms with Crippen molar-refractivity contribution in [2.75, 3.05) is 19.0 Å². The zero-order valence-electron chi connectivity index (χ0n) is 14.9. The van der Waals surface area contributed by atoms with Gasteiger partial charge in [0, 0.05) is 5.69 Å². The summed E-state index contributed by atoms with van der Waals surface area (Å²) in [7, 11) is 1.46. The molecule has 0 saturated heterocycles. The fourth-order valence-electron chi connectivity index (χ4n) is 2.62. The molecule has 3 aromatic rings. The van der Waals surface area contributed by atoms with Gasteiger partial charge in [0.15, 0.2) is 6.61 Å². The Morgan fingerprint density at radius 3 is 2.41 bits per heavy atom. The minimum absolute atomic E-state index is 0.227. The van der Waals surface area contributed by atoms with Crippen LogP contribution in [0.3, 0.4) is 0 Å². The van der Waals surface area contributed by atoms with Crippen molar-refractivity contribution in [3.63, 3.8) is 0 Å². The Bertz CT molecular complexity index is 1020. The summed E-state index contributed by atoms with van der Waals surface area (Å²) in [5.41, 5.74) is 0.996. The normalized spacial score (nSPS) is 10.5. The maximum Gasteiger partial charge on any atom is 0.342 e. The first-order valence-corrected chi connectivity index (χ1v) is 8.28. The van der Waals surface area contributed by atoms with Gasteiger partial charge in [-0.15, -0.1) is 0 Å². The van der Waals surface area contributed by atoms with Crippen molar-refractivity contribution >= 4 is 28.3 Å². The van der Waals surface area contributed by atoms with E-state index in [2.05, 4.69) is 5.32 Å². The quantitative estimate of drug-likeness (QED) is 0.690. The van der Waals surface area contributed by atoms with Crippen LogP contribution < -0.4 is 10.1 Å². The summed E-state index contributed by atoms with van der Waals surface area (Å²) in [6.07, 6.45) is 0. The molecule has 0 bridgehead atoms. The van der Waals surface area contributed by atoms with Gasteiger partial charge in [0.2, 0.25) is 0 Å². The number of hydrogen-bond acceptors (Lipinski definition) is 4. The maximum atomic E-state index is 13.5. The first-order valence-electron chi connectivity index (χ1n) is 8.28. The van der Waals surface area contributed by atoms with E-state index in [4.69, 9.17) is 9.47 Å². The molecule has 3 aromatic carbocycles. The molecule has 0 aliphatic carbocycles. The third-order valence-electron chi connectivity index (χ3n) is 4.08. The summed E-state index contributed by atoms with van der Waals surface area (Å²) in [4.78, 5) is 24.4. The van der Waals surface area contributed by atoms with Crippen LogP contribution in [0.1, 0.15) is 15.9 Å². The number of methoxy groups -OCH3 is 1. The molecule has 0 aliphatic rings. The average molecular weight is 367 g/mol. The van der Waals surface area contributed by atoms with Crippen LogP contribution in [-0.2, 0) is 9.53 Å². The zero-order chi connectivity index (χ0) is 19.4. The molecule has 3 rings (SSSR count). The molecule has 0 fully saturated rings. The van der Waals surface area contributed by atoms with Crippen LogP contribution >= 0.6 is 0 Å². The molecule has 0 aliphatic heterocycles. The van der Waals surface area contributed by atoms with Gasteiger partial charge in [-0.3, -0.25) is 4.79 Å². The van der Waals surface area contributed by atoms with E-state index in [0.29, 0.717) is 17.0 Å². The van der Waals surface area contributed by atoms with Crippen molar-refractivity contribution < 1.29 is 23.5 Å². The van der Waals surface area contributed by atoms with E-state index >= 15 is 0 Å². The summed E-state index contributed by atoms with van der Waals surface area (Å²) in [5, 5.41) is 4.26. The van der Waals surface area contributed by atoms with Crippen molar-refractivity contribution in [3.8, 4) is 5.75 Å². The van der Waals surface area contributed by atoms with Crippen molar-refractivity contribution in [3.05, 3.63) is 71.5 Å². The number of ether oxygens (including phenoxy) is 2. The number of anilines is 1. The molecule has 0 radical (unpaired) electrons. The van der Waals surface area contributed by atoms with Crippen LogP contribution in [0.15, 0.2) is 54.6 Å². The smallest absolute Gasteiger partial charge is 0.342 e. The molecule has 1 N–H and O–H groups in total. The SMILES string of the molecule is COc1cc2ccccc2cc1C(=O)OCC(=O)Nc1ccc(C)c(F)c1. The van der Waals surface area contributed by atoms with Crippen LogP contribution in [0.4, 0.5) is 10.1 Å². The van der Waals surface area contributed by atoms with Gasteiger partial charge < -0.3 is 14.8 Å². The average Bonchev–Trinajstić information content (AvgIpc) is 2.67. The number of carbonyl (C=O) groups excluding carboxylic acids is 2. The number of esters is 1. The van der Waals surface area contributed by atoms with E-state index in [1.807, 2.05) is 24.3 Å². The van der Waals surface area contributed by atoms with Gasteiger partial charge >= 0.3 is 5.97 Å². The lowest BCUT2D eigenvalue weighted by Gasteiger charge is -2.11. The Labute approximate surface area is 155 Å². The van der Waals surface area contributed by atoms with Gasteiger partial charge in [-0.2, -0.15) is 0 Å². The number of aryl methyl sites for hydroxylation is 1. The van der Waals surface area contributed by atoms with E-state index in [-0.39, 0.29) is 5.56 Å². The molecule has 0 saturated carbocycles. The molecule has 6 heteroatoms. The zero-order valence-corrected chi connectivity index (χ0v) is 14.9. The lowest BCUT2D eigenvalue weighted by atomic mass is 10.1. The number of rotatable bonds is 5. The molecular weight excluding hydrogens is 349 g/mol. The minimum Gasteiger partial charge on any atom is -0.496 e. The Hall–Kier alpha value is -3.41. The molecule has 0 unspecified atom stereocenters. The maximum absolute atomic E-state index is 13.5. The molecule has 1 amide bonds. The van der Waals surface area contributed by atoms with Crippen LogP contribution in [0, 0.1) is 12.7 Å². The van der Waals surface area contributed by atoms with Gasteiger partial charge in [-0.1, -0.05) is 30.3 Å². The highest BCUT2D eigenvalue weighted by Gasteiger charge is 2.17. The van der Waals surface area contributed by atoms with Crippen LogP contribution in [0.25, 0.3) is 10.8 Å². The van der Waals surface area contributed by atoms with Gasteiger partial charge in [-0.25, -0.2) is 9.18 Å². The lowest BCUT2D eigenvalue weighted by molar-refractivity contribution is -0.119. The van der Waals surface area contributed by atoms with Gasteiger partial charge in [0.05, 0.1) is 7.11 Å². The van der Waals surface area contributed by atoms with Gasteiger partial charge in [0.1, 0.15) is 17.1 Å². The number of benzene rings is 3. The fourth-order valence-corrected chi connectivity index (χ4v) is 2.62. The monoisotopic (exact) mass is 367 g/mol. The first kappa shape index (κ1) is 18.4. The van der Waals surface area contributed by atoms with Crippen LogP contribution in [0.2, 0.25) is 0 Å². The summed E-state index contributed by atoms with van der Waals surface area (Å²) in [6.45, 7) is 1.13. The van der Waals surface area contributed by atoms with E-state index in [9.17, 15) is 14.0 Å². The number of hydrogen-bond donors (Lipinski definition) is 1. The standard InChI is InChI=1S/C21H18FNO4/c1-13-7-8-16(11-18(13)22)23-20(24)12-27-21(25)17-9-14-5-3-4-6-15(14)10-19(17)26-2/h3-11H,12H2,1-2H3,(H,23,24). The van der Waals surface area contributed by atoms with Crippen molar-refractivity contribution in [1.82, 2.24) is 0 Å². The van der Waals surface area contributed by atoms with E-state index in [1.54, 1.807) is 31.2 Å². The highest BCUT2D eigenvalue weighted by atomic mass is 19.1. The number of halogens is 1. The number of amides is 1. The highest BCUT2D eigenvalue weighted by Crippen LogP contribution is 2.26. The number of carbonyl (C=O) groups is 2. The molecule has 0 heterocycles. The third-order valence-corrected chi connectivity index (χ3v) is 4.08.